The van der Waals surface area contributed by atoms with Gasteiger partial charge in [-0.15, -0.1) is 0 Å². The summed E-state index contributed by atoms with van der Waals surface area (Å²) in [4.78, 5) is 13.2. The van der Waals surface area contributed by atoms with Crippen molar-refractivity contribution in [1.29, 1.82) is 0 Å². The number of ether oxygens (including phenoxy) is 2. The smallest absolute Gasteiger partial charge is 0.167 e. The van der Waals surface area contributed by atoms with Gasteiger partial charge in [0, 0.05) is 0 Å². The number of nitrogens with zero attached hydrogens (tertiary/aromatic N) is 4. The molecule has 10 nitrogen and oxygen atoms in total. The second kappa shape index (κ2) is 9.70. The molecule has 0 spiro atoms. The fourth-order valence-corrected chi connectivity index (χ4v) is 4.67. The van der Waals surface area contributed by atoms with Crippen molar-refractivity contribution in [1.82, 2.24) is 19.5 Å². The van der Waals surface area contributed by atoms with E-state index in [1.54, 1.807) is 4.57 Å². The zero-order chi connectivity index (χ0) is 22.8. The van der Waals surface area contributed by atoms with Gasteiger partial charge in [-0.3, -0.25) is 4.57 Å². The molecule has 1 aliphatic heterocycles. The summed E-state index contributed by atoms with van der Waals surface area (Å²) in [6.07, 6.45) is 2.98. The number of hydrogen-bond donors (Lipinski definition) is 4. The van der Waals surface area contributed by atoms with Crippen molar-refractivity contribution in [2.24, 2.45) is 0 Å². The molecule has 1 aromatic carbocycles. The number of hydrogen-bond acceptors (Lipinski definition) is 9. The van der Waals surface area contributed by atoms with Gasteiger partial charge in [0.05, 0.1) is 31.7 Å². The van der Waals surface area contributed by atoms with Gasteiger partial charge in [0.2, 0.25) is 0 Å². The van der Waals surface area contributed by atoms with E-state index in [9.17, 15) is 15.3 Å². The van der Waals surface area contributed by atoms with E-state index in [4.69, 9.17) is 9.47 Å². The number of nitrogens with one attached hydrogen (secondary N) is 1. The Hall–Kier alpha value is -2.63. The maximum Gasteiger partial charge on any atom is 0.167 e. The molecule has 0 bridgehead atoms. The van der Waals surface area contributed by atoms with E-state index in [2.05, 4.69) is 32.4 Å². The first-order chi connectivity index (χ1) is 16.2. The van der Waals surface area contributed by atoms with Crippen molar-refractivity contribution in [3.63, 3.8) is 0 Å². The summed E-state index contributed by atoms with van der Waals surface area (Å²) in [6.45, 7) is 0.165. The number of aliphatic hydroxyl groups excluding tert-OH is 3. The SMILES string of the molecule is OC[C@H]1OC(n2cnc3c(N[C@H]4CCCC[C@@H]4OCc4ccccc4)ncnc32)[C@H](O)[C@@H]1O. The molecule has 176 valence electrons. The Kier molecular flexibility index (Phi) is 6.52. The van der Waals surface area contributed by atoms with Crippen LogP contribution in [0.3, 0.4) is 0 Å². The monoisotopic (exact) mass is 455 g/mol. The Morgan fingerprint density at radius 2 is 1.88 bits per heavy atom. The third kappa shape index (κ3) is 4.44. The summed E-state index contributed by atoms with van der Waals surface area (Å²) in [5, 5.41) is 33.4. The van der Waals surface area contributed by atoms with Crippen molar-refractivity contribution in [2.75, 3.05) is 11.9 Å². The fraction of sp³-hybridized carbons (Fsp3) is 0.522. The van der Waals surface area contributed by atoms with Crippen molar-refractivity contribution < 1.29 is 24.8 Å². The fourth-order valence-electron chi connectivity index (χ4n) is 4.67. The summed E-state index contributed by atoms with van der Waals surface area (Å²) in [5.74, 6) is 0.589. The zero-order valence-electron chi connectivity index (χ0n) is 18.2. The minimum atomic E-state index is -1.21. The molecule has 0 amide bonds. The summed E-state index contributed by atoms with van der Waals surface area (Å²) in [6, 6.07) is 10.2. The van der Waals surface area contributed by atoms with E-state index in [1.165, 1.54) is 12.7 Å². The third-order valence-corrected chi connectivity index (χ3v) is 6.48. The Morgan fingerprint density at radius 1 is 1.06 bits per heavy atom. The average molecular weight is 456 g/mol. The minimum Gasteiger partial charge on any atom is -0.394 e. The molecule has 33 heavy (non-hydrogen) atoms. The molecule has 2 aliphatic rings. The number of fused-ring (bicyclic) bond motifs is 1. The number of imidazole rings is 1. The van der Waals surface area contributed by atoms with E-state index in [-0.39, 0.29) is 12.1 Å². The van der Waals surface area contributed by atoms with Crippen LogP contribution in [0.2, 0.25) is 0 Å². The van der Waals surface area contributed by atoms with Crippen LogP contribution in [0, 0.1) is 0 Å². The average Bonchev–Trinajstić information content (AvgIpc) is 3.40. The predicted molar refractivity (Wildman–Crippen MR) is 119 cm³/mol. The molecule has 4 N–H and O–H groups in total. The molecule has 1 saturated carbocycles. The Labute approximate surface area is 191 Å². The predicted octanol–water partition coefficient (Wildman–Crippen LogP) is 1.38. The standard InChI is InChI=1S/C23H29N5O5/c29-10-17-19(30)20(31)23(33-17)28-13-26-18-21(24-12-25-22(18)28)27-15-8-4-5-9-16(15)32-11-14-6-2-1-3-7-14/h1-3,6-7,12-13,15-17,19-20,23,29-31H,4-5,8-11H2,(H,24,25,27)/t15-,16-,17+,19+,20+,23?/m0/s1. The number of benzene rings is 1. The molecule has 3 heterocycles. The van der Waals surface area contributed by atoms with Crippen molar-refractivity contribution in [3.8, 4) is 0 Å². The van der Waals surface area contributed by atoms with Crippen molar-refractivity contribution in [3.05, 3.63) is 48.5 Å². The second-order valence-corrected chi connectivity index (χ2v) is 8.65. The highest BCUT2D eigenvalue weighted by molar-refractivity contribution is 5.82. The molecule has 6 atom stereocenters. The van der Waals surface area contributed by atoms with Gasteiger partial charge in [-0.05, 0) is 18.4 Å². The first kappa shape index (κ1) is 22.2. The third-order valence-electron chi connectivity index (χ3n) is 6.48. The molecule has 10 heteroatoms. The number of aromatic nitrogens is 4. The van der Waals surface area contributed by atoms with Crippen LogP contribution < -0.4 is 5.32 Å². The molecular formula is C23H29N5O5. The van der Waals surface area contributed by atoms with Crippen LogP contribution in [0.25, 0.3) is 11.2 Å². The topological polar surface area (TPSA) is 135 Å². The van der Waals surface area contributed by atoms with Gasteiger partial charge in [0.25, 0.3) is 0 Å². The maximum absolute atomic E-state index is 10.4. The van der Waals surface area contributed by atoms with Gasteiger partial charge >= 0.3 is 0 Å². The van der Waals surface area contributed by atoms with Crippen LogP contribution >= 0.6 is 0 Å². The van der Waals surface area contributed by atoms with Crippen LogP contribution in [-0.4, -0.2) is 71.9 Å². The molecule has 5 rings (SSSR count). The van der Waals surface area contributed by atoms with E-state index < -0.39 is 31.1 Å². The zero-order valence-corrected chi connectivity index (χ0v) is 18.2. The quantitative estimate of drug-likeness (QED) is 0.417. The largest absolute Gasteiger partial charge is 0.394 e. The van der Waals surface area contributed by atoms with Crippen molar-refractivity contribution in [2.45, 2.75) is 69.0 Å². The molecule has 2 fully saturated rings. The maximum atomic E-state index is 10.4. The summed E-state index contributed by atoms with van der Waals surface area (Å²) < 4.78 is 13.5. The highest BCUT2D eigenvalue weighted by atomic mass is 16.6. The lowest BCUT2D eigenvalue weighted by Crippen LogP contribution is -2.38. The van der Waals surface area contributed by atoms with Gasteiger partial charge < -0.3 is 30.1 Å². The van der Waals surface area contributed by atoms with Crippen LogP contribution in [0.5, 0.6) is 0 Å². The first-order valence-electron chi connectivity index (χ1n) is 11.4. The molecule has 1 saturated heterocycles. The normalized spacial score (nSPS) is 30.0. The van der Waals surface area contributed by atoms with Gasteiger partial charge in [-0.2, -0.15) is 0 Å². The Balaban J connectivity index is 1.34. The van der Waals surface area contributed by atoms with Crippen LogP contribution in [0.1, 0.15) is 37.5 Å². The molecule has 0 radical (unpaired) electrons. The van der Waals surface area contributed by atoms with E-state index in [0.29, 0.717) is 23.6 Å². The van der Waals surface area contributed by atoms with Crippen LogP contribution in [-0.2, 0) is 16.1 Å². The van der Waals surface area contributed by atoms with Crippen molar-refractivity contribution >= 4 is 17.0 Å². The van der Waals surface area contributed by atoms with Gasteiger partial charge in [-0.25, -0.2) is 15.0 Å². The second-order valence-electron chi connectivity index (χ2n) is 8.65. The van der Waals surface area contributed by atoms with E-state index in [1.807, 2.05) is 18.2 Å². The summed E-state index contributed by atoms with van der Waals surface area (Å²) >= 11 is 0. The Morgan fingerprint density at radius 3 is 2.67 bits per heavy atom. The number of rotatable bonds is 7. The van der Waals surface area contributed by atoms with Crippen LogP contribution in [0.4, 0.5) is 5.82 Å². The molecule has 1 unspecified atom stereocenters. The summed E-state index contributed by atoms with van der Waals surface area (Å²) in [5.41, 5.74) is 2.16. The van der Waals surface area contributed by atoms with Gasteiger partial charge in [0.1, 0.15) is 24.6 Å². The van der Waals surface area contributed by atoms with E-state index in [0.717, 1.165) is 31.2 Å². The van der Waals surface area contributed by atoms with E-state index >= 15 is 0 Å². The summed E-state index contributed by atoms with van der Waals surface area (Å²) in [7, 11) is 0. The van der Waals surface area contributed by atoms with Crippen LogP contribution in [0.15, 0.2) is 43.0 Å². The lowest BCUT2D eigenvalue weighted by molar-refractivity contribution is -0.0511. The first-order valence-corrected chi connectivity index (χ1v) is 11.4. The minimum absolute atomic E-state index is 0.0477. The molecule has 2 aromatic heterocycles. The number of anilines is 1. The Bertz CT molecular complexity index is 1060. The number of aliphatic hydroxyl groups is 3. The highest BCUT2D eigenvalue weighted by Gasteiger charge is 2.44. The molecule has 1 aliphatic carbocycles. The molecular weight excluding hydrogens is 426 g/mol. The molecule has 3 aromatic rings. The van der Waals surface area contributed by atoms with Gasteiger partial charge in [0.15, 0.2) is 23.2 Å². The van der Waals surface area contributed by atoms with Gasteiger partial charge in [-0.1, -0.05) is 43.2 Å². The lowest BCUT2D eigenvalue weighted by Gasteiger charge is -2.32. The lowest BCUT2D eigenvalue weighted by atomic mass is 9.92. The highest BCUT2D eigenvalue weighted by Crippen LogP contribution is 2.33.